The lowest BCUT2D eigenvalue weighted by Crippen LogP contribution is -2.27. The first kappa shape index (κ1) is 17.3. The maximum atomic E-state index is 12.7. The Balaban J connectivity index is 2.20. The van der Waals surface area contributed by atoms with E-state index in [-0.39, 0.29) is 17.0 Å². The Kier molecular flexibility index (Phi) is 4.45. The van der Waals surface area contributed by atoms with Crippen LogP contribution < -0.4 is 0 Å². The first-order valence-electron chi connectivity index (χ1n) is 7.77. The molecule has 0 radical (unpaired) electrons. The number of hydrogen-bond donors (Lipinski definition) is 0. The third kappa shape index (κ3) is 3.20. The van der Waals surface area contributed by atoms with E-state index in [2.05, 4.69) is 0 Å². The molecule has 0 aliphatic heterocycles. The van der Waals surface area contributed by atoms with Gasteiger partial charge < -0.3 is 4.90 Å². The zero-order valence-electron chi connectivity index (χ0n) is 14.0. The van der Waals surface area contributed by atoms with E-state index in [9.17, 15) is 18.0 Å². The number of Topliss-reactive ketones (excluding diaryl/α,β-unsaturated/α-hetero) is 1. The van der Waals surface area contributed by atoms with Crippen molar-refractivity contribution >= 4 is 27.7 Å². The number of carbonyl (C=O) groups is 2. The molecule has 0 saturated carbocycles. The van der Waals surface area contributed by atoms with E-state index < -0.39 is 21.6 Å². The number of fused-ring (bicyclic) bond motifs is 1. The molecule has 3 rings (SSSR count). The second kappa shape index (κ2) is 6.42. The van der Waals surface area contributed by atoms with E-state index in [0.29, 0.717) is 17.7 Å². The van der Waals surface area contributed by atoms with Crippen LogP contribution in [0.1, 0.15) is 16.1 Å². The zero-order valence-corrected chi connectivity index (χ0v) is 14.8. The normalized spacial score (nSPS) is 14.2. The van der Waals surface area contributed by atoms with Gasteiger partial charge in [0.2, 0.25) is 21.6 Å². The Morgan fingerprint density at radius 2 is 1.72 bits per heavy atom. The van der Waals surface area contributed by atoms with Crippen LogP contribution in [0.15, 0.2) is 42.6 Å². The largest absolute Gasteiger partial charge is 0.308 e. The van der Waals surface area contributed by atoms with Crippen molar-refractivity contribution in [2.24, 2.45) is 0 Å². The second-order valence-electron chi connectivity index (χ2n) is 6.11. The molecule has 0 amide bonds. The number of hydrogen-bond acceptors (Lipinski definition) is 5. The molecular formula is C18H18N2O4S. The van der Waals surface area contributed by atoms with Gasteiger partial charge in [0.1, 0.15) is 0 Å². The summed E-state index contributed by atoms with van der Waals surface area (Å²) >= 11 is 0. The van der Waals surface area contributed by atoms with Gasteiger partial charge in [-0.15, -0.1) is 0 Å². The number of aromatic nitrogens is 1. The van der Waals surface area contributed by atoms with E-state index in [1.54, 1.807) is 43.3 Å². The predicted molar refractivity (Wildman–Crippen MR) is 96.0 cm³/mol. The number of allylic oxidation sites excluding steroid dienone is 1. The van der Waals surface area contributed by atoms with Gasteiger partial charge in [0, 0.05) is 18.3 Å². The standard InChI is InChI=1S/C18H18N2O4S/c1-19(2)10-11-25(23,24)20-12-14(13-6-4-3-5-7-13)17-15(20)8-9-16(21)18(17)22/h3-9,12H,10-11H2,1-2H3. The van der Waals surface area contributed by atoms with Gasteiger partial charge in [-0.05, 0) is 31.8 Å². The molecule has 0 bridgehead atoms. The Morgan fingerprint density at radius 1 is 1.04 bits per heavy atom. The van der Waals surface area contributed by atoms with Crippen LogP contribution in [-0.4, -0.2) is 55.2 Å². The number of carbonyl (C=O) groups excluding carboxylic acids is 2. The van der Waals surface area contributed by atoms with E-state index >= 15 is 0 Å². The highest BCUT2D eigenvalue weighted by molar-refractivity contribution is 7.90. The molecule has 1 aliphatic rings. The molecule has 1 heterocycles. The number of ketones is 2. The van der Waals surface area contributed by atoms with Gasteiger partial charge >= 0.3 is 0 Å². The molecule has 2 aromatic rings. The highest BCUT2D eigenvalue weighted by Crippen LogP contribution is 2.33. The van der Waals surface area contributed by atoms with Crippen molar-refractivity contribution in [2.45, 2.75) is 0 Å². The summed E-state index contributed by atoms with van der Waals surface area (Å²) in [5.41, 5.74) is 1.53. The maximum absolute atomic E-state index is 12.7. The molecule has 1 aromatic carbocycles. The van der Waals surface area contributed by atoms with E-state index in [0.717, 1.165) is 10.0 Å². The summed E-state index contributed by atoms with van der Waals surface area (Å²) in [5, 5.41) is 0. The van der Waals surface area contributed by atoms with Crippen molar-refractivity contribution in [1.82, 2.24) is 8.87 Å². The van der Waals surface area contributed by atoms with Crippen molar-refractivity contribution in [1.29, 1.82) is 0 Å². The Bertz CT molecular complexity index is 970. The summed E-state index contributed by atoms with van der Waals surface area (Å²) in [6, 6.07) is 8.98. The van der Waals surface area contributed by atoms with E-state index in [1.165, 1.54) is 12.3 Å². The molecule has 0 N–H and O–H groups in total. The van der Waals surface area contributed by atoms with Gasteiger partial charge in [-0.25, -0.2) is 12.4 Å². The van der Waals surface area contributed by atoms with Crippen LogP contribution in [0, 0.1) is 0 Å². The van der Waals surface area contributed by atoms with Gasteiger partial charge in [0.05, 0.1) is 17.0 Å². The van der Waals surface area contributed by atoms with Crippen LogP contribution in [0.2, 0.25) is 0 Å². The smallest absolute Gasteiger partial charge is 0.240 e. The van der Waals surface area contributed by atoms with Gasteiger partial charge in [0.25, 0.3) is 0 Å². The minimum absolute atomic E-state index is 0.0919. The predicted octanol–water partition coefficient (Wildman–Crippen LogP) is 1.67. The van der Waals surface area contributed by atoms with Crippen molar-refractivity contribution in [3.63, 3.8) is 0 Å². The fourth-order valence-electron chi connectivity index (χ4n) is 2.71. The fourth-order valence-corrected chi connectivity index (χ4v) is 4.22. The molecule has 130 valence electrons. The highest BCUT2D eigenvalue weighted by atomic mass is 32.2. The maximum Gasteiger partial charge on any atom is 0.240 e. The minimum atomic E-state index is -3.66. The molecule has 1 aliphatic carbocycles. The summed E-state index contributed by atoms with van der Waals surface area (Å²) in [6.45, 7) is 0.354. The lowest BCUT2D eigenvalue weighted by atomic mass is 9.94. The third-order valence-electron chi connectivity index (χ3n) is 4.03. The molecular weight excluding hydrogens is 340 g/mol. The summed E-state index contributed by atoms with van der Waals surface area (Å²) < 4.78 is 26.6. The Morgan fingerprint density at radius 3 is 2.36 bits per heavy atom. The molecule has 0 atom stereocenters. The van der Waals surface area contributed by atoms with Crippen LogP contribution in [0.25, 0.3) is 17.2 Å². The van der Waals surface area contributed by atoms with Gasteiger partial charge in [-0.2, -0.15) is 0 Å². The summed E-state index contributed by atoms with van der Waals surface area (Å²) in [6.07, 6.45) is 3.96. The second-order valence-corrected chi connectivity index (χ2v) is 8.08. The molecule has 1 aromatic heterocycles. The third-order valence-corrected chi connectivity index (χ3v) is 5.63. The Hall–Kier alpha value is -2.51. The van der Waals surface area contributed by atoms with Crippen LogP contribution in [0.3, 0.4) is 0 Å². The van der Waals surface area contributed by atoms with E-state index in [4.69, 9.17) is 0 Å². The molecule has 0 fully saturated rings. The van der Waals surface area contributed by atoms with Crippen LogP contribution >= 0.6 is 0 Å². The van der Waals surface area contributed by atoms with Gasteiger partial charge in [-0.1, -0.05) is 30.3 Å². The van der Waals surface area contributed by atoms with Crippen LogP contribution in [0.4, 0.5) is 0 Å². The van der Waals surface area contributed by atoms with Crippen LogP contribution in [0.5, 0.6) is 0 Å². The molecule has 7 heteroatoms. The molecule has 6 nitrogen and oxygen atoms in total. The quantitative estimate of drug-likeness (QED) is 0.760. The average Bonchev–Trinajstić information content (AvgIpc) is 2.98. The number of benzene rings is 1. The first-order chi connectivity index (χ1) is 11.8. The van der Waals surface area contributed by atoms with E-state index in [1.807, 2.05) is 6.07 Å². The van der Waals surface area contributed by atoms with Crippen molar-refractivity contribution < 1.29 is 18.0 Å². The summed E-state index contributed by atoms with van der Waals surface area (Å²) in [5.74, 6) is -1.42. The summed E-state index contributed by atoms with van der Waals surface area (Å²) in [7, 11) is -0.0850. The van der Waals surface area contributed by atoms with Crippen molar-refractivity contribution in [3.05, 3.63) is 53.9 Å². The van der Waals surface area contributed by atoms with Crippen LogP contribution in [-0.2, 0) is 14.8 Å². The minimum Gasteiger partial charge on any atom is -0.308 e. The monoisotopic (exact) mass is 358 g/mol. The molecule has 0 spiro atoms. The lowest BCUT2D eigenvalue weighted by Gasteiger charge is -2.13. The van der Waals surface area contributed by atoms with Gasteiger partial charge in [0.15, 0.2) is 0 Å². The molecule has 0 unspecified atom stereocenters. The number of nitrogens with zero attached hydrogens (tertiary/aromatic N) is 2. The molecule has 0 saturated heterocycles. The SMILES string of the molecule is CN(C)CCS(=O)(=O)n1cc(-c2ccccc2)c2c1C=CC(=O)C2=O. The summed E-state index contributed by atoms with van der Waals surface area (Å²) in [4.78, 5) is 26.0. The van der Waals surface area contributed by atoms with Crippen molar-refractivity contribution in [3.8, 4) is 11.1 Å². The number of rotatable bonds is 5. The van der Waals surface area contributed by atoms with Crippen molar-refractivity contribution in [2.75, 3.05) is 26.4 Å². The lowest BCUT2D eigenvalue weighted by molar-refractivity contribution is -0.110. The average molecular weight is 358 g/mol. The zero-order chi connectivity index (χ0) is 18.2. The first-order valence-corrected chi connectivity index (χ1v) is 9.37. The topological polar surface area (TPSA) is 76.5 Å². The fraction of sp³-hybridized carbons (Fsp3) is 0.222. The molecule has 25 heavy (non-hydrogen) atoms. The Labute approximate surface area is 146 Å². The van der Waals surface area contributed by atoms with Gasteiger partial charge in [-0.3, -0.25) is 9.59 Å². The highest BCUT2D eigenvalue weighted by Gasteiger charge is 2.31.